The van der Waals surface area contributed by atoms with Crippen molar-refractivity contribution in [2.75, 3.05) is 13.2 Å². The molecule has 110 valence electrons. The lowest BCUT2D eigenvalue weighted by molar-refractivity contribution is -0.139. The van der Waals surface area contributed by atoms with Crippen LogP contribution < -0.4 is 10.6 Å². The van der Waals surface area contributed by atoms with E-state index in [4.69, 9.17) is 10.2 Å². The number of carboxylic acid groups (broad SMARTS) is 1. The number of aliphatic carboxylic acids is 1. The molecular formula is C13H24N2O4. The third-order valence-electron chi connectivity index (χ3n) is 4.81. The van der Waals surface area contributed by atoms with Crippen molar-refractivity contribution in [3.63, 3.8) is 0 Å². The normalized spacial score (nSPS) is 21.5. The van der Waals surface area contributed by atoms with Crippen LogP contribution in [-0.4, -0.2) is 41.4 Å². The Balaban J connectivity index is 2.39. The SMILES string of the molecule is CC1(C)C(CNC(=O)N[C@H](CCO)C(=O)O)C1(C)C. The van der Waals surface area contributed by atoms with Gasteiger partial charge in [0.1, 0.15) is 6.04 Å². The molecule has 19 heavy (non-hydrogen) atoms. The van der Waals surface area contributed by atoms with Crippen LogP contribution in [0.1, 0.15) is 34.1 Å². The van der Waals surface area contributed by atoms with Gasteiger partial charge in [-0.15, -0.1) is 0 Å². The average molecular weight is 272 g/mol. The number of nitrogens with one attached hydrogen (secondary N) is 2. The summed E-state index contributed by atoms with van der Waals surface area (Å²) in [5.41, 5.74) is 0.356. The Hall–Kier alpha value is -1.30. The summed E-state index contributed by atoms with van der Waals surface area (Å²) in [6, 6.07) is -1.55. The van der Waals surface area contributed by atoms with Crippen LogP contribution in [0.2, 0.25) is 0 Å². The maximum atomic E-state index is 11.6. The number of amides is 2. The number of rotatable bonds is 6. The summed E-state index contributed by atoms with van der Waals surface area (Å²) < 4.78 is 0. The number of hydrogen-bond donors (Lipinski definition) is 4. The predicted octanol–water partition coefficient (Wildman–Crippen LogP) is 0.803. The standard InChI is InChI=1S/C13H24N2O4/c1-12(2)9(13(12,3)4)7-14-11(19)15-8(5-6-16)10(17)18/h8-9,16H,5-7H2,1-4H3,(H,17,18)(H2,14,15,19)/t8-/m1/s1. The van der Waals surface area contributed by atoms with Gasteiger partial charge in [-0.05, 0) is 16.7 Å². The third kappa shape index (κ3) is 3.18. The van der Waals surface area contributed by atoms with E-state index in [0.29, 0.717) is 12.5 Å². The van der Waals surface area contributed by atoms with Gasteiger partial charge >= 0.3 is 12.0 Å². The van der Waals surface area contributed by atoms with Gasteiger partial charge < -0.3 is 20.8 Å². The van der Waals surface area contributed by atoms with E-state index in [1.807, 2.05) is 0 Å². The summed E-state index contributed by atoms with van der Waals surface area (Å²) in [6.07, 6.45) is 0.00314. The van der Waals surface area contributed by atoms with Crippen LogP contribution in [0.4, 0.5) is 4.79 Å². The zero-order chi connectivity index (χ0) is 14.8. The second kappa shape index (κ2) is 5.36. The van der Waals surface area contributed by atoms with Crippen molar-refractivity contribution in [2.24, 2.45) is 16.7 Å². The van der Waals surface area contributed by atoms with E-state index >= 15 is 0 Å². The second-order valence-corrected chi connectivity index (χ2v) is 6.25. The van der Waals surface area contributed by atoms with E-state index in [1.165, 1.54) is 0 Å². The number of carboxylic acids is 1. The first kappa shape index (κ1) is 15.8. The van der Waals surface area contributed by atoms with Crippen molar-refractivity contribution in [3.8, 4) is 0 Å². The lowest BCUT2D eigenvalue weighted by atomic mass is 10.0. The molecule has 6 nitrogen and oxygen atoms in total. The molecule has 1 atom stereocenters. The smallest absolute Gasteiger partial charge is 0.326 e. The van der Waals surface area contributed by atoms with Crippen molar-refractivity contribution >= 4 is 12.0 Å². The molecule has 0 aliphatic heterocycles. The summed E-state index contributed by atoms with van der Waals surface area (Å²) in [6.45, 7) is 8.87. The molecule has 0 saturated heterocycles. The highest BCUT2D eigenvalue weighted by atomic mass is 16.4. The largest absolute Gasteiger partial charge is 0.480 e. The van der Waals surface area contributed by atoms with Crippen LogP contribution in [0.25, 0.3) is 0 Å². The van der Waals surface area contributed by atoms with Gasteiger partial charge in [-0.1, -0.05) is 27.7 Å². The van der Waals surface area contributed by atoms with E-state index in [-0.39, 0.29) is 23.9 Å². The highest BCUT2D eigenvalue weighted by Crippen LogP contribution is 2.67. The van der Waals surface area contributed by atoms with E-state index in [0.717, 1.165) is 0 Å². The van der Waals surface area contributed by atoms with E-state index in [9.17, 15) is 9.59 Å². The van der Waals surface area contributed by atoms with Gasteiger partial charge in [-0.2, -0.15) is 0 Å². The molecule has 6 heteroatoms. The summed E-state index contributed by atoms with van der Waals surface area (Å²) in [5, 5.41) is 22.6. The van der Waals surface area contributed by atoms with Crippen molar-refractivity contribution in [2.45, 2.75) is 40.2 Å². The van der Waals surface area contributed by atoms with Crippen LogP contribution in [-0.2, 0) is 4.79 Å². The van der Waals surface area contributed by atoms with Crippen LogP contribution in [0.5, 0.6) is 0 Å². The number of hydrogen-bond acceptors (Lipinski definition) is 3. The molecule has 1 aliphatic carbocycles. The van der Waals surface area contributed by atoms with Crippen LogP contribution in [0.3, 0.4) is 0 Å². The molecule has 0 unspecified atom stereocenters. The van der Waals surface area contributed by atoms with Gasteiger partial charge in [0, 0.05) is 19.6 Å². The zero-order valence-electron chi connectivity index (χ0n) is 12.0. The minimum Gasteiger partial charge on any atom is -0.480 e. The molecule has 0 heterocycles. The van der Waals surface area contributed by atoms with Crippen molar-refractivity contribution in [1.82, 2.24) is 10.6 Å². The van der Waals surface area contributed by atoms with Crippen molar-refractivity contribution in [1.29, 1.82) is 0 Å². The Kier molecular flexibility index (Phi) is 4.45. The Labute approximate surface area is 113 Å². The zero-order valence-corrected chi connectivity index (χ0v) is 12.0. The number of aliphatic hydroxyl groups excluding tert-OH is 1. The molecule has 0 aromatic carbocycles. The molecule has 1 saturated carbocycles. The average Bonchev–Trinajstić information content (AvgIpc) is 2.66. The maximum absolute atomic E-state index is 11.6. The van der Waals surface area contributed by atoms with Crippen LogP contribution in [0.15, 0.2) is 0 Å². The highest BCUT2D eigenvalue weighted by Gasteiger charge is 2.64. The number of urea groups is 1. The molecule has 0 bridgehead atoms. The van der Waals surface area contributed by atoms with Crippen LogP contribution >= 0.6 is 0 Å². The quantitative estimate of drug-likeness (QED) is 0.575. The Bertz CT molecular complexity index is 352. The molecule has 0 spiro atoms. The van der Waals surface area contributed by atoms with E-state index in [2.05, 4.69) is 38.3 Å². The molecule has 4 N–H and O–H groups in total. The first-order chi connectivity index (χ1) is 8.64. The van der Waals surface area contributed by atoms with Gasteiger partial charge in [-0.25, -0.2) is 9.59 Å². The molecule has 2 amide bonds. The Morgan fingerprint density at radius 2 is 1.74 bits per heavy atom. The number of aliphatic hydroxyl groups is 1. The van der Waals surface area contributed by atoms with Crippen molar-refractivity contribution in [3.05, 3.63) is 0 Å². The fraction of sp³-hybridized carbons (Fsp3) is 0.846. The summed E-state index contributed by atoms with van der Waals surface area (Å²) >= 11 is 0. The lowest BCUT2D eigenvalue weighted by Crippen LogP contribution is -2.47. The fourth-order valence-electron chi connectivity index (χ4n) is 2.63. The Morgan fingerprint density at radius 3 is 2.11 bits per heavy atom. The number of carbonyl (C=O) groups excluding carboxylic acids is 1. The predicted molar refractivity (Wildman–Crippen MR) is 70.7 cm³/mol. The van der Waals surface area contributed by atoms with Crippen LogP contribution in [0, 0.1) is 16.7 Å². The summed E-state index contributed by atoms with van der Waals surface area (Å²) in [4.78, 5) is 22.4. The minimum atomic E-state index is -1.14. The van der Waals surface area contributed by atoms with E-state index in [1.54, 1.807) is 0 Å². The summed E-state index contributed by atoms with van der Waals surface area (Å²) in [5.74, 6) is -0.761. The second-order valence-electron chi connectivity index (χ2n) is 6.25. The van der Waals surface area contributed by atoms with Gasteiger partial charge in [0.25, 0.3) is 0 Å². The number of carbonyl (C=O) groups is 2. The molecular weight excluding hydrogens is 248 g/mol. The van der Waals surface area contributed by atoms with Gasteiger partial charge in [-0.3, -0.25) is 0 Å². The van der Waals surface area contributed by atoms with Gasteiger partial charge in [0.05, 0.1) is 0 Å². The fourth-order valence-corrected chi connectivity index (χ4v) is 2.63. The molecule has 1 fully saturated rings. The maximum Gasteiger partial charge on any atom is 0.326 e. The first-order valence-electron chi connectivity index (χ1n) is 6.52. The first-order valence-corrected chi connectivity index (χ1v) is 6.52. The third-order valence-corrected chi connectivity index (χ3v) is 4.81. The molecule has 0 aromatic rings. The van der Waals surface area contributed by atoms with E-state index < -0.39 is 18.0 Å². The van der Waals surface area contributed by atoms with Gasteiger partial charge in [0.15, 0.2) is 0 Å². The van der Waals surface area contributed by atoms with Crippen molar-refractivity contribution < 1.29 is 19.8 Å². The Morgan fingerprint density at radius 1 is 1.21 bits per heavy atom. The lowest BCUT2D eigenvalue weighted by Gasteiger charge is -2.14. The highest BCUT2D eigenvalue weighted by molar-refractivity contribution is 5.82. The minimum absolute atomic E-state index is 0.00314. The summed E-state index contributed by atoms with van der Waals surface area (Å²) in [7, 11) is 0. The topological polar surface area (TPSA) is 98.7 Å². The molecule has 1 aliphatic rings. The van der Waals surface area contributed by atoms with Gasteiger partial charge in [0.2, 0.25) is 0 Å². The molecule has 0 aromatic heterocycles. The monoisotopic (exact) mass is 272 g/mol. The molecule has 1 rings (SSSR count). The molecule has 0 radical (unpaired) electrons.